The highest BCUT2D eigenvalue weighted by atomic mass is 79.9. The minimum atomic E-state index is 0.141. The van der Waals surface area contributed by atoms with Gasteiger partial charge in [0.25, 0.3) is 0 Å². The van der Waals surface area contributed by atoms with E-state index in [9.17, 15) is 5.11 Å². The van der Waals surface area contributed by atoms with Crippen LogP contribution in [-0.4, -0.2) is 11.7 Å². The molecular weight excluding hydrogens is 288 g/mol. The highest BCUT2D eigenvalue weighted by Gasteiger charge is 2.13. The third kappa shape index (κ3) is 3.21. The summed E-state index contributed by atoms with van der Waals surface area (Å²) in [7, 11) is 0. The first-order valence-corrected chi connectivity index (χ1v) is 6.91. The van der Waals surface area contributed by atoms with Crippen LogP contribution >= 0.6 is 15.9 Å². The van der Waals surface area contributed by atoms with Gasteiger partial charge in [0.05, 0.1) is 6.61 Å². The SMILES string of the molecule is Cc1cccc(CC(CO)c2ccccc2Br)c1. The fraction of sp³-hybridized carbons (Fsp3) is 0.250. The molecule has 0 aromatic heterocycles. The van der Waals surface area contributed by atoms with Crippen molar-refractivity contribution in [3.8, 4) is 0 Å². The number of aliphatic hydroxyl groups excluding tert-OH is 1. The van der Waals surface area contributed by atoms with Gasteiger partial charge >= 0.3 is 0 Å². The Hall–Kier alpha value is -1.12. The van der Waals surface area contributed by atoms with Gasteiger partial charge in [-0.3, -0.25) is 0 Å². The molecule has 0 radical (unpaired) electrons. The van der Waals surface area contributed by atoms with Gasteiger partial charge in [0.15, 0.2) is 0 Å². The third-order valence-corrected chi connectivity index (χ3v) is 3.85. The molecule has 1 atom stereocenters. The lowest BCUT2D eigenvalue weighted by atomic mass is 9.92. The topological polar surface area (TPSA) is 20.2 Å². The van der Waals surface area contributed by atoms with Crippen molar-refractivity contribution in [2.24, 2.45) is 0 Å². The van der Waals surface area contributed by atoms with Crippen LogP contribution in [0.5, 0.6) is 0 Å². The number of hydrogen-bond donors (Lipinski definition) is 1. The Bertz CT molecular complexity index is 522. The fourth-order valence-corrected chi connectivity index (χ4v) is 2.81. The molecule has 0 saturated carbocycles. The highest BCUT2D eigenvalue weighted by molar-refractivity contribution is 9.10. The molecule has 0 aliphatic rings. The Morgan fingerprint density at radius 2 is 1.89 bits per heavy atom. The van der Waals surface area contributed by atoms with E-state index in [1.807, 2.05) is 18.2 Å². The number of benzene rings is 2. The lowest BCUT2D eigenvalue weighted by Crippen LogP contribution is -2.08. The zero-order valence-electron chi connectivity index (χ0n) is 10.4. The van der Waals surface area contributed by atoms with Gasteiger partial charge in [0.2, 0.25) is 0 Å². The Labute approximate surface area is 117 Å². The predicted octanol–water partition coefficient (Wildman–Crippen LogP) is 4.08. The number of aryl methyl sites for hydroxylation is 1. The average molecular weight is 305 g/mol. The van der Waals surface area contributed by atoms with Crippen LogP contribution in [0.1, 0.15) is 22.6 Å². The molecule has 94 valence electrons. The molecule has 0 saturated heterocycles. The molecule has 0 aliphatic carbocycles. The summed E-state index contributed by atoms with van der Waals surface area (Å²) in [5.74, 6) is 0.141. The van der Waals surface area contributed by atoms with Gasteiger partial charge in [-0.25, -0.2) is 0 Å². The minimum absolute atomic E-state index is 0.141. The molecule has 2 aromatic rings. The second-order valence-electron chi connectivity index (χ2n) is 4.59. The van der Waals surface area contributed by atoms with Crippen molar-refractivity contribution in [3.63, 3.8) is 0 Å². The van der Waals surface area contributed by atoms with Gasteiger partial charge < -0.3 is 5.11 Å². The predicted molar refractivity (Wildman–Crippen MR) is 78.9 cm³/mol. The van der Waals surface area contributed by atoms with Crippen molar-refractivity contribution < 1.29 is 5.11 Å². The maximum absolute atomic E-state index is 9.61. The van der Waals surface area contributed by atoms with Crippen molar-refractivity contribution in [1.29, 1.82) is 0 Å². The standard InChI is InChI=1S/C16H17BrO/c1-12-5-4-6-13(9-12)10-14(11-18)15-7-2-3-8-16(15)17/h2-9,14,18H,10-11H2,1H3. The molecule has 0 aliphatic heterocycles. The van der Waals surface area contributed by atoms with E-state index >= 15 is 0 Å². The first-order chi connectivity index (χ1) is 8.70. The lowest BCUT2D eigenvalue weighted by molar-refractivity contribution is 0.264. The molecule has 2 rings (SSSR count). The van der Waals surface area contributed by atoms with E-state index in [4.69, 9.17) is 0 Å². The Kier molecular flexibility index (Phi) is 4.56. The first kappa shape index (κ1) is 13.3. The molecule has 2 heteroatoms. The zero-order chi connectivity index (χ0) is 13.0. The summed E-state index contributed by atoms with van der Waals surface area (Å²) >= 11 is 3.55. The first-order valence-electron chi connectivity index (χ1n) is 6.11. The summed E-state index contributed by atoms with van der Waals surface area (Å²) in [6.45, 7) is 2.26. The summed E-state index contributed by atoms with van der Waals surface area (Å²) in [5.41, 5.74) is 3.70. The van der Waals surface area contributed by atoms with Crippen LogP contribution in [0.25, 0.3) is 0 Å². The molecule has 0 bridgehead atoms. The second kappa shape index (κ2) is 6.17. The van der Waals surface area contributed by atoms with Crippen molar-refractivity contribution >= 4 is 15.9 Å². The fourth-order valence-electron chi connectivity index (χ4n) is 2.20. The number of rotatable bonds is 4. The summed E-state index contributed by atoms with van der Waals surface area (Å²) < 4.78 is 1.07. The maximum Gasteiger partial charge on any atom is 0.0503 e. The van der Waals surface area contributed by atoms with Crippen molar-refractivity contribution in [3.05, 3.63) is 69.7 Å². The van der Waals surface area contributed by atoms with Crippen molar-refractivity contribution in [1.82, 2.24) is 0 Å². The highest BCUT2D eigenvalue weighted by Crippen LogP contribution is 2.27. The van der Waals surface area contributed by atoms with Crippen LogP contribution in [0.2, 0.25) is 0 Å². The van der Waals surface area contributed by atoms with E-state index in [-0.39, 0.29) is 12.5 Å². The number of aliphatic hydroxyl groups is 1. The van der Waals surface area contributed by atoms with Gasteiger partial charge in [-0.2, -0.15) is 0 Å². The number of halogens is 1. The molecule has 2 aromatic carbocycles. The van der Waals surface area contributed by atoms with Crippen LogP contribution < -0.4 is 0 Å². The van der Waals surface area contributed by atoms with E-state index in [0.717, 1.165) is 10.9 Å². The van der Waals surface area contributed by atoms with Crippen molar-refractivity contribution in [2.75, 3.05) is 6.61 Å². The quantitative estimate of drug-likeness (QED) is 0.902. The van der Waals surface area contributed by atoms with Crippen LogP contribution in [0.15, 0.2) is 53.0 Å². The van der Waals surface area contributed by atoms with Crippen LogP contribution in [0.3, 0.4) is 0 Å². The molecule has 18 heavy (non-hydrogen) atoms. The maximum atomic E-state index is 9.61. The summed E-state index contributed by atoms with van der Waals surface area (Å²) in [5, 5.41) is 9.61. The molecule has 0 fully saturated rings. The smallest absolute Gasteiger partial charge is 0.0503 e. The summed E-state index contributed by atoms with van der Waals surface area (Å²) in [4.78, 5) is 0. The second-order valence-corrected chi connectivity index (χ2v) is 5.45. The summed E-state index contributed by atoms with van der Waals surface area (Å²) in [6.07, 6.45) is 0.862. The van der Waals surface area contributed by atoms with Crippen LogP contribution in [-0.2, 0) is 6.42 Å². The molecular formula is C16H17BrO. The zero-order valence-corrected chi connectivity index (χ0v) is 12.0. The van der Waals surface area contributed by atoms with E-state index < -0.39 is 0 Å². The molecule has 1 N–H and O–H groups in total. The lowest BCUT2D eigenvalue weighted by Gasteiger charge is -2.16. The minimum Gasteiger partial charge on any atom is -0.396 e. The monoisotopic (exact) mass is 304 g/mol. The third-order valence-electron chi connectivity index (χ3n) is 3.13. The van der Waals surface area contributed by atoms with Gasteiger partial charge in [-0.15, -0.1) is 0 Å². The van der Waals surface area contributed by atoms with Gasteiger partial charge in [0.1, 0.15) is 0 Å². The van der Waals surface area contributed by atoms with Crippen LogP contribution in [0, 0.1) is 6.92 Å². The van der Waals surface area contributed by atoms with Gasteiger partial charge in [-0.1, -0.05) is 64.0 Å². The average Bonchev–Trinajstić information content (AvgIpc) is 2.37. The van der Waals surface area contributed by atoms with Crippen LogP contribution in [0.4, 0.5) is 0 Å². The van der Waals surface area contributed by atoms with Crippen molar-refractivity contribution in [2.45, 2.75) is 19.3 Å². The summed E-state index contributed by atoms with van der Waals surface area (Å²) in [6, 6.07) is 16.6. The molecule has 0 amide bonds. The van der Waals surface area contributed by atoms with Gasteiger partial charge in [-0.05, 0) is 30.5 Å². The van der Waals surface area contributed by atoms with Gasteiger partial charge in [0, 0.05) is 10.4 Å². The Morgan fingerprint density at radius 1 is 1.11 bits per heavy atom. The van der Waals surface area contributed by atoms with E-state index in [1.54, 1.807) is 0 Å². The molecule has 0 heterocycles. The van der Waals surface area contributed by atoms with E-state index in [1.165, 1.54) is 16.7 Å². The largest absolute Gasteiger partial charge is 0.396 e. The normalized spacial score (nSPS) is 12.4. The molecule has 0 spiro atoms. The Morgan fingerprint density at radius 3 is 2.56 bits per heavy atom. The number of hydrogen-bond acceptors (Lipinski definition) is 1. The Balaban J connectivity index is 2.23. The molecule has 1 nitrogen and oxygen atoms in total. The van der Waals surface area contributed by atoms with E-state index in [0.29, 0.717) is 0 Å². The molecule has 1 unspecified atom stereocenters. The van der Waals surface area contributed by atoms with E-state index in [2.05, 4.69) is 53.2 Å².